The van der Waals surface area contributed by atoms with Gasteiger partial charge in [0.1, 0.15) is 0 Å². The van der Waals surface area contributed by atoms with Gasteiger partial charge in [-0.05, 0) is 28.1 Å². The molecule has 0 aromatic heterocycles. The van der Waals surface area contributed by atoms with Gasteiger partial charge in [0.2, 0.25) is 5.91 Å². The van der Waals surface area contributed by atoms with Crippen molar-refractivity contribution in [2.75, 3.05) is 5.32 Å². The highest BCUT2D eigenvalue weighted by atomic mass is 79.9. The number of hydrogen-bond donors (Lipinski definition) is 4. The molecule has 0 saturated heterocycles. The average molecular weight is 331 g/mol. The van der Waals surface area contributed by atoms with Gasteiger partial charge in [0.05, 0.1) is 23.7 Å². The molecule has 1 aromatic rings. The number of para-hydroxylation sites is 1. The fourth-order valence-corrected chi connectivity index (χ4v) is 1.79. The maximum Gasteiger partial charge on any atom is 0.337 e. The summed E-state index contributed by atoms with van der Waals surface area (Å²) in [6.45, 7) is 0. The molecule has 0 bridgehead atoms. The van der Waals surface area contributed by atoms with Crippen LogP contribution in [-0.2, 0) is 9.59 Å². The Balaban J connectivity index is 2.96. The number of nitrogens with two attached hydrogens (primary N) is 1. The van der Waals surface area contributed by atoms with Gasteiger partial charge in [-0.3, -0.25) is 9.59 Å². The third-order valence-corrected chi connectivity index (χ3v) is 2.88. The molecule has 8 heteroatoms. The summed E-state index contributed by atoms with van der Waals surface area (Å²) in [4.78, 5) is 33.1. The van der Waals surface area contributed by atoms with Gasteiger partial charge in [-0.2, -0.15) is 0 Å². The summed E-state index contributed by atoms with van der Waals surface area (Å²) in [5, 5.41) is 19.8. The molecule has 0 aliphatic heterocycles. The number of aromatic carboxylic acids is 1. The zero-order valence-corrected chi connectivity index (χ0v) is 11.2. The summed E-state index contributed by atoms with van der Waals surface area (Å²) in [5.41, 5.74) is 5.31. The standard InChI is InChI=1S/C11H11BrN2O5/c12-6-3-1-2-5(11(18)19)9(6)14-10(17)7(13)4-8(15)16/h1-3,7H,4,13H2,(H,14,17)(H,15,16)(H,18,19). The Morgan fingerprint density at radius 2 is 1.95 bits per heavy atom. The van der Waals surface area contributed by atoms with E-state index in [9.17, 15) is 14.4 Å². The van der Waals surface area contributed by atoms with E-state index in [4.69, 9.17) is 15.9 Å². The van der Waals surface area contributed by atoms with Crippen molar-refractivity contribution < 1.29 is 24.6 Å². The van der Waals surface area contributed by atoms with Crippen LogP contribution in [-0.4, -0.2) is 34.1 Å². The highest BCUT2D eigenvalue weighted by Crippen LogP contribution is 2.26. The Morgan fingerprint density at radius 3 is 2.47 bits per heavy atom. The van der Waals surface area contributed by atoms with E-state index >= 15 is 0 Å². The van der Waals surface area contributed by atoms with Crippen LogP contribution in [0.2, 0.25) is 0 Å². The summed E-state index contributed by atoms with van der Waals surface area (Å²) in [6, 6.07) is 3.10. The fraction of sp³-hybridized carbons (Fsp3) is 0.182. The van der Waals surface area contributed by atoms with Crippen molar-refractivity contribution in [1.29, 1.82) is 0 Å². The number of benzene rings is 1. The third-order valence-electron chi connectivity index (χ3n) is 2.22. The molecule has 0 heterocycles. The Morgan fingerprint density at radius 1 is 1.32 bits per heavy atom. The second-order valence-corrected chi connectivity index (χ2v) is 4.52. The Hall–Kier alpha value is -1.93. The second kappa shape index (κ2) is 6.30. The van der Waals surface area contributed by atoms with Crippen LogP contribution in [0.15, 0.2) is 22.7 Å². The van der Waals surface area contributed by atoms with E-state index in [2.05, 4.69) is 21.2 Å². The van der Waals surface area contributed by atoms with Crippen molar-refractivity contribution in [1.82, 2.24) is 0 Å². The van der Waals surface area contributed by atoms with Gasteiger partial charge in [0.15, 0.2) is 0 Å². The minimum absolute atomic E-state index is 0.0424. The molecule has 0 radical (unpaired) electrons. The first kappa shape index (κ1) is 15.1. The SMILES string of the molecule is NC(CC(=O)O)C(=O)Nc1c(Br)cccc1C(=O)O. The maximum absolute atomic E-state index is 11.7. The number of aliphatic carboxylic acids is 1. The van der Waals surface area contributed by atoms with Crippen LogP contribution in [0.4, 0.5) is 5.69 Å². The van der Waals surface area contributed by atoms with Gasteiger partial charge >= 0.3 is 11.9 Å². The third kappa shape index (κ3) is 4.04. The normalized spacial score (nSPS) is 11.7. The molecule has 0 aliphatic carbocycles. The van der Waals surface area contributed by atoms with E-state index < -0.39 is 30.3 Å². The van der Waals surface area contributed by atoms with Crippen LogP contribution in [0.5, 0.6) is 0 Å². The van der Waals surface area contributed by atoms with Crippen molar-refractivity contribution in [3.8, 4) is 0 Å². The van der Waals surface area contributed by atoms with Gasteiger partial charge in [-0.1, -0.05) is 6.07 Å². The number of carbonyl (C=O) groups excluding carboxylic acids is 1. The van der Waals surface area contributed by atoms with E-state index in [1.54, 1.807) is 6.07 Å². The summed E-state index contributed by atoms with van der Waals surface area (Å²) in [5.74, 6) is -3.20. The number of carboxylic acid groups (broad SMARTS) is 2. The van der Waals surface area contributed by atoms with Crippen LogP contribution in [0.1, 0.15) is 16.8 Å². The summed E-state index contributed by atoms with van der Waals surface area (Å²) >= 11 is 3.11. The molecule has 0 spiro atoms. The zero-order chi connectivity index (χ0) is 14.6. The highest BCUT2D eigenvalue weighted by Gasteiger charge is 2.21. The molecule has 1 atom stereocenters. The lowest BCUT2D eigenvalue weighted by Gasteiger charge is -2.13. The number of anilines is 1. The number of carbonyl (C=O) groups is 3. The lowest BCUT2D eigenvalue weighted by atomic mass is 10.1. The number of hydrogen-bond acceptors (Lipinski definition) is 4. The van der Waals surface area contributed by atoms with E-state index in [1.165, 1.54) is 12.1 Å². The first-order valence-electron chi connectivity index (χ1n) is 5.13. The van der Waals surface area contributed by atoms with Gasteiger partial charge in [-0.15, -0.1) is 0 Å². The fourth-order valence-electron chi connectivity index (χ4n) is 1.33. The quantitative estimate of drug-likeness (QED) is 0.634. The van der Waals surface area contributed by atoms with Gasteiger partial charge < -0.3 is 21.3 Å². The first-order valence-corrected chi connectivity index (χ1v) is 5.92. The Bertz CT molecular complexity index is 532. The number of rotatable bonds is 5. The van der Waals surface area contributed by atoms with Crippen molar-refractivity contribution in [3.05, 3.63) is 28.2 Å². The average Bonchev–Trinajstić information content (AvgIpc) is 2.30. The molecule has 0 fully saturated rings. The summed E-state index contributed by atoms with van der Waals surface area (Å²) in [6.07, 6.45) is -0.543. The number of amides is 1. The van der Waals surface area contributed by atoms with Crippen LogP contribution in [0.25, 0.3) is 0 Å². The molecule has 1 aromatic carbocycles. The second-order valence-electron chi connectivity index (χ2n) is 3.66. The molecule has 7 nitrogen and oxygen atoms in total. The predicted molar refractivity (Wildman–Crippen MR) is 70.0 cm³/mol. The number of nitrogens with one attached hydrogen (secondary N) is 1. The van der Waals surface area contributed by atoms with Crippen molar-refractivity contribution in [2.24, 2.45) is 5.73 Å². The molecule has 1 amide bonds. The molecule has 1 rings (SSSR count). The number of halogens is 1. The van der Waals surface area contributed by atoms with E-state index in [1.807, 2.05) is 0 Å². The maximum atomic E-state index is 11.7. The number of carboxylic acids is 2. The van der Waals surface area contributed by atoms with Crippen LogP contribution in [0.3, 0.4) is 0 Å². The summed E-state index contributed by atoms with van der Waals surface area (Å²) in [7, 11) is 0. The lowest BCUT2D eigenvalue weighted by molar-refractivity contribution is -0.138. The van der Waals surface area contributed by atoms with Crippen LogP contribution >= 0.6 is 15.9 Å². The molecular weight excluding hydrogens is 320 g/mol. The monoisotopic (exact) mass is 330 g/mol. The first-order chi connectivity index (χ1) is 8.82. The highest BCUT2D eigenvalue weighted by molar-refractivity contribution is 9.10. The molecule has 1 unspecified atom stereocenters. The van der Waals surface area contributed by atoms with Crippen molar-refractivity contribution >= 4 is 39.5 Å². The molecule has 102 valence electrons. The molecular formula is C11H11BrN2O5. The van der Waals surface area contributed by atoms with E-state index in [0.29, 0.717) is 4.47 Å². The molecule has 0 aliphatic rings. The van der Waals surface area contributed by atoms with Crippen molar-refractivity contribution in [2.45, 2.75) is 12.5 Å². The van der Waals surface area contributed by atoms with E-state index in [0.717, 1.165) is 0 Å². The zero-order valence-electron chi connectivity index (χ0n) is 9.59. The minimum Gasteiger partial charge on any atom is -0.481 e. The van der Waals surface area contributed by atoms with Gasteiger partial charge in [0, 0.05) is 4.47 Å². The van der Waals surface area contributed by atoms with Crippen LogP contribution in [0, 0.1) is 0 Å². The van der Waals surface area contributed by atoms with Gasteiger partial charge in [-0.25, -0.2) is 4.79 Å². The van der Waals surface area contributed by atoms with Gasteiger partial charge in [0.25, 0.3) is 0 Å². The smallest absolute Gasteiger partial charge is 0.337 e. The molecule has 5 N–H and O–H groups in total. The largest absolute Gasteiger partial charge is 0.481 e. The van der Waals surface area contributed by atoms with Crippen molar-refractivity contribution in [3.63, 3.8) is 0 Å². The molecule has 0 saturated carbocycles. The lowest BCUT2D eigenvalue weighted by Crippen LogP contribution is -2.37. The van der Waals surface area contributed by atoms with Crippen LogP contribution < -0.4 is 11.1 Å². The predicted octanol–water partition coefficient (Wildman–Crippen LogP) is 0.888. The molecule has 19 heavy (non-hydrogen) atoms. The summed E-state index contributed by atoms with van der Waals surface area (Å²) < 4.78 is 0.364. The Kier molecular flexibility index (Phi) is 5.02. The Labute approximate surface area is 116 Å². The minimum atomic E-state index is -1.26. The topological polar surface area (TPSA) is 130 Å². The van der Waals surface area contributed by atoms with E-state index in [-0.39, 0.29) is 11.3 Å².